The highest BCUT2D eigenvalue weighted by atomic mass is 16.6. The lowest BCUT2D eigenvalue weighted by Crippen LogP contribution is -2.30. The minimum atomic E-state index is -0.812. The monoisotopic (exact) mass is 805 g/mol. The van der Waals surface area contributed by atoms with Crippen LogP contribution in [0.25, 0.3) is 0 Å². The average molecular weight is 805 g/mol. The summed E-state index contributed by atoms with van der Waals surface area (Å²) in [5.41, 5.74) is 0. The first kappa shape index (κ1) is 54.3. The quantitative estimate of drug-likeness (QED) is 0.0266. The molecule has 6 nitrogen and oxygen atoms in total. The van der Waals surface area contributed by atoms with Gasteiger partial charge in [-0.15, -0.1) is 0 Å². The smallest absolute Gasteiger partial charge is 0.306 e. The maximum atomic E-state index is 12.7. The van der Waals surface area contributed by atoms with Crippen molar-refractivity contribution in [2.45, 2.75) is 200 Å². The number of esters is 3. The van der Waals surface area contributed by atoms with E-state index in [1.54, 1.807) is 0 Å². The molecule has 0 saturated carbocycles. The molecular formula is C52H84O6. The van der Waals surface area contributed by atoms with Crippen molar-refractivity contribution in [2.75, 3.05) is 13.2 Å². The summed E-state index contributed by atoms with van der Waals surface area (Å²) in [7, 11) is 0. The Hall–Kier alpha value is -3.67. The molecule has 0 N–H and O–H groups in total. The van der Waals surface area contributed by atoms with Crippen molar-refractivity contribution in [2.24, 2.45) is 0 Å². The van der Waals surface area contributed by atoms with Crippen LogP contribution in [0.1, 0.15) is 194 Å². The van der Waals surface area contributed by atoms with E-state index in [4.69, 9.17) is 14.2 Å². The first-order valence-corrected chi connectivity index (χ1v) is 23.2. The minimum Gasteiger partial charge on any atom is -0.462 e. The summed E-state index contributed by atoms with van der Waals surface area (Å²) in [6, 6.07) is 0. The molecule has 0 bridgehead atoms. The Morgan fingerprint density at radius 1 is 0.362 bits per heavy atom. The van der Waals surface area contributed by atoms with Gasteiger partial charge < -0.3 is 14.2 Å². The van der Waals surface area contributed by atoms with E-state index in [-0.39, 0.29) is 37.5 Å². The molecule has 0 saturated heterocycles. The average Bonchev–Trinajstić information content (AvgIpc) is 3.22. The van der Waals surface area contributed by atoms with Crippen molar-refractivity contribution >= 4 is 17.9 Å². The summed E-state index contributed by atoms with van der Waals surface area (Å²) in [5.74, 6) is -1.000. The van der Waals surface area contributed by atoms with Crippen LogP contribution in [0, 0.1) is 0 Å². The molecule has 0 aromatic rings. The molecule has 0 fully saturated rings. The van der Waals surface area contributed by atoms with Crippen molar-refractivity contribution < 1.29 is 28.6 Å². The predicted molar refractivity (Wildman–Crippen MR) is 247 cm³/mol. The molecule has 0 aromatic heterocycles. The number of carbonyl (C=O) groups excluding carboxylic acids is 3. The van der Waals surface area contributed by atoms with Gasteiger partial charge in [-0.3, -0.25) is 14.4 Å². The van der Waals surface area contributed by atoms with Gasteiger partial charge >= 0.3 is 17.9 Å². The first-order chi connectivity index (χ1) is 28.5. The van der Waals surface area contributed by atoms with Crippen LogP contribution in [0.5, 0.6) is 0 Å². The summed E-state index contributed by atoms with van der Waals surface area (Å²) < 4.78 is 16.7. The van der Waals surface area contributed by atoms with E-state index >= 15 is 0 Å². The van der Waals surface area contributed by atoms with Crippen LogP contribution in [0.4, 0.5) is 0 Å². The van der Waals surface area contributed by atoms with E-state index in [0.717, 1.165) is 116 Å². The van der Waals surface area contributed by atoms with Crippen LogP contribution < -0.4 is 0 Å². The molecule has 0 aromatic carbocycles. The first-order valence-electron chi connectivity index (χ1n) is 23.2. The Morgan fingerprint density at radius 2 is 0.672 bits per heavy atom. The van der Waals surface area contributed by atoms with Gasteiger partial charge in [0.05, 0.1) is 0 Å². The lowest BCUT2D eigenvalue weighted by molar-refractivity contribution is -0.167. The maximum Gasteiger partial charge on any atom is 0.306 e. The molecule has 0 rings (SSSR count). The standard InChI is InChI=1S/C52H84O6/c1-4-7-10-13-16-19-22-25-26-28-30-33-36-39-42-45-51(54)57-48-49(47-56-50(53)44-41-38-35-32-29-24-21-18-15-12-9-6-3)58-52(55)46-43-40-37-34-31-27-23-20-17-14-11-8-5-2/h7-8,10-11,16-21,25-27,30-31,33,49H,4-6,9,12-15,22-24,28-29,32,34-48H2,1-3H3/b10-7-,11-8-,19-16-,20-17-,21-18-,26-25-,31-27-,33-30-. The lowest BCUT2D eigenvalue weighted by atomic mass is 10.1. The zero-order valence-corrected chi connectivity index (χ0v) is 37.3. The predicted octanol–water partition coefficient (Wildman–Crippen LogP) is 15.0. The third kappa shape index (κ3) is 43.5. The molecule has 1 unspecified atom stereocenters. The zero-order chi connectivity index (χ0) is 42.3. The second-order valence-corrected chi connectivity index (χ2v) is 14.9. The molecule has 0 amide bonds. The second-order valence-electron chi connectivity index (χ2n) is 14.9. The minimum absolute atomic E-state index is 0.109. The zero-order valence-electron chi connectivity index (χ0n) is 37.3. The van der Waals surface area contributed by atoms with Crippen molar-refractivity contribution in [1.82, 2.24) is 0 Å². The number of carbonyl (C=O) groups is 3. The van der Waals surface area contributed by atoms with Crippen LogP contribution in [-0.2, 0) is 28.6 Å². The molecule has 0 spiro atoms. The summed E-state index contributed by atoms with van der Waals surface area (Å²) in [4.78, 5) is 37.8. The largest absolute Gasteiger partial charge is 0.462 e. The van der Waals surface area contributed by atoms with Gasteiger partial charge in [-0.1, -0.05) is 157 Å². The van der Waals surface area contributed by atoms with E-state index in [0.29, 0.717) is 19.3 Å². The molecule has 1 atom stereocenters. The van der Waals surface area contributed by atoms with Gasteiger partial charge in [0, 0.05) is 19.3 Å². The van der Waals surface area contributed by atoms with Crippen molar-refractivity contribution in [1.29, 1.82) is 0 Å². The van der Waals surface area contributed by atoms with Crippen molar-refractivity contribution in [3.8, 4) is 0 Å². The Balaban J connectivity index is 4.53. The van der Waals surface area contributed by atoms with Crippen molar-refractivity contribution in [3.05, 3.63) is 97.2 Å². The normalized spacial score (nSPS) is 12.9. The Bertz CT molecular complexity index is 1200. The summed E-state index contributed by atoms with van der Waals surface area (Å²) in [6.07, 6.45) is 59.6. The Labute approximate surface area is 356 Å². The maximum absolute atomic E-state index is 12.7. The Morgan fingerprint density at radius 3 is 1.12 bits per heavy atom. The van der Waals surface area contributed by atoms with E-state index < -0.39 is 6.10 Å². The van der Waals surface area contributed by atoms with E-state index in [1.807, 2.05) is 0 Å². The van der Waals surface area contributed by atoms with Crippen LogP contribution in [0.15, 0.2) is 97.2 Å². The SMILES string of the molecule is CC/C=C\C/C=C\C/C=C\C/C=C\CCCCC(=O)OCC(COC(=O)CCCCCCC/C=C\CCCCC)OC(=O)CCCCC/C=C\C/C=C\C/C=C\CC. The summed E-state index contributed by atoms with van der Waals surface area (Å²) in [5, 5.41) is 0. The number of unbranched alkanes of at least 4 members (excludes halogenated alkanes) is 13. The molecule has 0 aliphatic heterocycles. The third-order valence-corrected chi connectivity index (χ3v) is 9.30. The second kappa shape index (κ2) is 46.0. The number of hydrogen-bond acceptors (Lipinski definition) is 6. The van der Waals surface area contributed by atoms with Gasteiger partial charge in [0.1, 0.15) is 13.2 Å². The summed E-state index contributed by atoms with van der Waals surface area (Å²) in [6.45, 7) is 6.29. The molecule has 0 heterocycles. The number of ether oxygens (including phenoxy) is 3. The fourth-order valence-corrected chi connectivity index (χ4v) is 5.85. The molecule has 6 heteroatoms. The fourth-order valence-electron chi connectivity index (χ4n) is 5.85. The fraction of sp³-hybridized carbons (Fsp3) is 0.635. The Kier molecular flexibility index (Phi) is 43.1. The van der Waals surface area contributed by atoms with Gasteiger partial charge in [0.2, 0.25) is 0 Å². The van der Waals surface area contributed by atoms with Gasteiger partial charge in [-0.2, -0.15) is 0 Å². The van der Waals surface area contributed by atoms with E-state index in [9.17, 15) is 14.4 Å². The van der Waals surface area contributed by atoms with Gasteiger partial charge in [0.25, 0.3) is 0 Å². The van der Waals surface area contributed by atoms with Crippen LogP contribution in [0.2, 0.25) is 0 Å². The van der Waals surface area contributed by atoms with E-state index in [2.05, 4.69) is 118 Å². The third-order valence-electron chi connectivity index (χ3n) is 9.30. The van der Waals surface area contributed by atoms with E-state index in [1.165, 1.54) is 32.1 Å². The molecular weight excluding hydrogens is 721 g/mol. The van der Waals surface area contributed by atoms with Gasteiger partial charge in [0.15, 0.2) is 6.10 Å². The molecule has 0 aliphatic carbocycles. The number of hydrogen-bond donors (Lipinski definition) is 0. The van der Waals surface area contributed by atoms with Crippen LogP contribution in [-0.4, -0.2) is 37.2 Å². The highest BCUT2D eigenvalue weighted by Gasteiger charge is 2.19. The highest BCUT2D eigenvalue weighted by Crippen LogP contribution is 2.12. The van der Waals surface area contributed by atoms with Crippen LogP contribution >= 0.6 is 0 Å². The molecule has 328 valence electrons. The summed E-state index contributed by atoms with van der Waals surface area (Å²) >= 11 is 0. The highest BCUT2D eigenvalue weighted by molar-refractivity contribution is 5.71. The lowest BCUT2D eigenvalue weighted by Gasteiger charge is -2.18. The van der Waals surface area contributed by atoms with Crippen LogP contribution in [0.3, 0.4) is 0 Å². The van der Waals surface area contributed by atoms with Gasteiger partial charge in [-0.25, -0.2) is 0 Å². The number of rotatable bonds is 40. The molecule has 0 aliphatic rings. The topological polar surface area (TPSA) is 78.9 Å². The molecule has 58 heavy (non-hydrogen) atoms. The number of allylic oxidation sites excluding steroid dienone is 16. The molecule has 0 radical (unpaired) electrons. The van der Waals surface area contributed by atoms with Gasteiger partial charge in [-0.05, 0) is 116 Å². The van der Waals surface area contributed by atoms with Crippen molar-refractivity contribution in [3.63, 3.8) is 0 Å².